The molecule has 4 heteroatoms. The van der Waals surface area contributed by atoms with E-state index in [1.807, 2.05) is 6.07 Å². The first-order valence-electron chi connectivity index (χ1n) is 5.27. The quantitative estimate of drug-likeness (QED) is 0.714. The van der Waals surface area contributed by atoms with Crippen LogP contribution in [0.1, 0.15) is 17.7 Å². The van der Waals surface area contributed by atoms with Gasteiger partial charge in [0, 0.05) is 18.6 Å². The van der Waals surface area contributed by atoms with E-state index in [1.54, 1.807) is 18.4 Å². The van der Waals surface area contributed by atoms with Crippen LogP contribution in [-0.4, -0.2) is 26.8 Å². The normalized spacial score (nSPS) is 10.8. The monoisotopic (exact) mass is 247 g/mol. The molecule has 0 spiro atoms. The Bertz CT molecular complexity index is 265. The van der Waals surface area contributed by atoms with Crippen molar-refractivity contribution >= 4 is 22.9 Å². The second-order valence-electron chi connectivity index (χ2n) is 3.41. The minimum Gasteiger partial charge on any atom is -0.385 e. The molecule has 1 heterocycles. The highest BCUT2D eigenvalue weighted by Gasteiger charge is 1.97. The van der Waals surface area contributed by atoms with Crippen LogP contribution in [0.3, 0.4) is 0 Å². The van der Waals surface area contributed by atoms with Crippen LogP contribution in [-0.2, 0) is 11.2 Å². The van der Waals surface area contributed by atoms with Crippen molar-refractivity contribution in [1.82, 2.24) is 5.32 Å². The maximum atomic E-state index is 5.84. The number of rotatable bonds is 8. The molecule has 1 aromatic heterocycles. The van der Waals surface area contributed by atoms with Gasteiger partial charge in [-0.05, 0) is 44.5 Å². The summed E-state index contributed by atoms with van der Waals surface area (Å²) >= 11 is 7.51. The SMILES string of the molecule is COCCCCNCCc1ccc(Cl)s1. The van der Waals surface area contributed by atoms with E-state index < -0.39 is 0 Å². The second kappa shape index (κ2) is 8.11. The third kappa shape index (κ3) is 6.15. The molecule has 0 radical (unpaired) electrons. The Balaban J connectivity index is 1.93. The molecular formula is C11H18ClNOS. The van der Waals surface area contributed by atoms with E-state index in [2.05, 4.69) is 11.4 Å². The number of ether oxygens (including phenoxy) is 1. The van der Waals surface area contributed by atoms with Gasteiger partial charge in [0.15, 0.2) is 0 Å². The van der Waals surface area contributed by atoms with Crippen LogP contribution in [0.25, 0.3) is 0 Å². The lowest BCUT2D eigenvalue weighted by Crippen LogP contribution is -2.18. The molecule has 0 fully saturated rings. The van der Waals surface area contributed by atoms with E-state index in [4.69, 9.17) is 16.3 Å². The number of hydrogen-bond donors (Lipinski definition) is 1. The number of unbranched alkanes of at least 4 members (excludes halogenated alkanes) is 1. The van der Waals surface area contributed by atoms with Crippen molar-refractivity contribution in [1.29, 1.82) is 0 Å². The average Bonchev–Trinajstić information content (AvgIpc) is 2.63. The summed E-state index contributed by atoms with van der Waals surface area (Å²) in [5, 5.41) is 3.41. The zero-order valence-electron chi connectivity index (χ0n) is 9.09. The summed E-state index contributed by atoms with van der Waals surface area (Å²) in [4.78, 5) is 1.35. The van der Waals surface area contributed by atoms with Gasteiger partial charge in [0.1, 0.15) is 0 Å². The Morgan fingerprint density at radius 3 is 2.87 bits per heavy atom. The molecule has 0 atom stereocenters. The van der Waals surface area contributed by atoms with Gasteiger partial charge in [-0.3, -0.25) is 0 Å². The van der Waals surface area contributed by atoms with E-state index in [-0.39, 0.29) is 0 Å². The molecule has 0 unspecified atom stereocenters. The van der Waals surface area contributed by atoms with E-state index in [1.165, 1.54) is 11.3 Å². The lowest BCUT2D eigenvalue weighted by atomic mass is 10.3. The predicted molar refractivity (Wildman–Crippen MR) is 67.0 cm³/mol. The summed E-state index contributed by atoms with van der Waals surface area (Å²) in [6.07, 6.45) is 3.38. The Labute approximate surface area is 101 Å². The van der Waals surface area contributed by atoms with Crippen LogP contribution >= 0.6 is 22.9 Å². The van der Waals surface area contributed by atoms with Gasteiger partial charge in [0.25, 0.3) is 0 Å². The van der Waals surface area contributed by atoms with Crippen molar-refractivity contribution in [3.8, 4) is 0 Å². The van der Waals surface area contributed by atoms with Crippen molar-refractivity contribution in [2.75, 3.05) is 26.8 Å². The summed E-state index contributed by atoms with van der Waals surface area (Å²) in [7, 11) is 1.74. The molecule has 0 aliphatic heterocycles. The van der Waals surface area contributed by atoms with Gasteiger partial charge in [-0.1, -0.05) is 11.6 Å². The minimum atomic E-state index is 0.863. The van der Waals surface area contributed by atoms with Gasteiger partial charge < -0.3 is 10.1 Å². The van der Waals surface area contributed by atoms with Gasteiger partial charge in [0.2, 0.25) is 0 Å². The smallest absolute Gasteiger partial charge is 0.0931 e. The van der Waals surface area contributed by atoms with Gasteiger partial charge in [-0.2, -0.15) is 0 Å². The molecule has 15 heavy (non-hydrogen) atoms. The summed E-state index contributed by atoms with van der Waals surface area (Å²) < 4.78 is 5.86. The number of thiophene rings is 1. The van der Waals surface area contributed by atoms with Crippen LogP contribution < -0.4 is 5.32 Å². The molecule has 0 saturated heterocycles. The lowest BCUT2D eigenvalue weighted by molar-refractivity contribution is 0.192. The van der Waals surface area contributed by atoms with E-state index in [9.17, 15) is 0 Å². The molecule has 1 aromatic rings. The topological polar surface area (TPSA) is 21.3 Å². The summed E-state index contributed by atoms with van der Waals surface area (Å²) in [5.74, 6) is 0. The summed E-state index contributed by atoms with van der Waals surface area (Å²) in [5.41, 5.74) is 0. The fourth-order valence-corrected chi connectivity index (χ4v) is 2.41. The van der Waals surface area contributed by atoms with Gasteiger partial charge in [0.05, 0.1) is 4.34 Å². The van der Waals surface area contributed by atoms with Gasteiger partial charge in [-0.25, -0.2) is 0 Å². The number of halogens is 1. The Kier molecular flexibility index (Phi) is 7.01. The molecule has 2 nitrogen and oxygen atoms in total. The molecule has 0 saturated carbocycles. The number of hydrogen-bond acceptors (Lipinski definition) is 3. The first-order valence-corrected chi connectivity index (χ1v) is 6.46. The Morgan fingerprint density at radius 1 is 1.33 bits per heavy atom. The maximum Gasteiger partial charge on any atom is 0.0931 e. The van der Waals surface area contributed by atoms with Crippen LogP contribution in [0.15, 0.2) is 12.1 Å². The third-order valence-electron chi connectivity index (χ3n) is 2.13. The van der Waals surface area contributed by atoms with Crippen LogP contribution in [0.4, 0.5) is 0 Å². The molecule has 86 valence electrons. The maximum absolute atomic E-state index is 5.84. The summed E-state index contributed by atoms with van der Waals surface area (Å²) in [6, 6.07) is 4.06. The van der Waals surface area contributed by atoms with Crippen molar-refractivity contribution in [3.63, 3.8) is 0 Å². The van der Waals surface area contributed by atoms with E-state index >= 15 is 0 Å². The average molecular weight is 248 g/mol. The highest BCUT2D eigenvalue weighted by molar-refractivity contribution is 7.16. The molecule has 0 aliphatic carbocycles. The van der Waals surface area contributed by atoms with Gasteiger partial charge >= 0.3 is 0 Å². The molecule has 1 rings (SSSR count). The summed E-state index contributed by atoms with van der Waals surface area (Å²) in [6.45, 7) is 2.97. The lowest BCUT2D eigenvalue weighted by Gasteiger charge is -2.03. The Morgan fingerprint density at radius 2 is 2.20 bits per heavy atom. The minimum absolute atomic E-state index is 0.863. The fourth-order valence-electron chi connectivity index (χ4n) is 1.32. The molecular weight excluding hydrogens is 230 g/mol. The van der Waals surface area contributed by atoms with Gasteiger partial charge in [-0.15, -0.1) is 11.3 Å². The molecule has 0 aromatic carbocycles. The van der Waals surface area contributed by atoms with Crippen LogP contribution in [0, 0.1) is 0 Å². The largest absolute Gasteiger partial charge is 0.385 e. The van der Waals surface area contributed by atoms with Crippen molar-refractivity contribution in [3.05, 3.63) is 21.3 Å². The first-order chi connectivity index (χ1) is 7.33. The predicted octanol–water partition coefficient (Wildman–Crippen LogP) is 2.96. The zero-order chi connectivity index (χ0) is 10.9. The molecule has 0 aliphatic rings. The number of nitrogens with one attached hydrogen (secondary N) is 1. The molecule has 0 bridgehead atoms. The van der Waals surface area contributed by atoms with Crippen molar-refractivity contribution < 1.29 is 4.74 Å². The van der Waals surface area contributed by atoms with Crippen LogP contribution in [0.5, 0.6) is 0 Å². The number of methoxy groups -OCH3 is 1. The third-order valence-corrected chi connectivity index (χ3v) is 3.42. The van der Waals surface area contributed by atoms with Crippen molar-refractivity contribution in [2.45, 2.75) is 19.3 Å². The van der Waals surface area contributed by atoms with Crippen molar-refractivity contribution in [2.24, 2.45) is 0 Å². The molecule has 0 amide bonds. The first kappa shape index (κ1) is 13.0. The highest BCUT2D eigenvalue weighted by Crippen LogP contribution is 2.21. The second-order valence-corrected chi connectivity index (χ2v) is 5.21. The Hall–Kier alpha value is -0.0900. The highest BCUT2D eigenvalue weighted by atomic mass is 35.5. The van der Waals surface area contributed by atoms with E-state index in [0.29, 0.717) is 0 Å². The zero-order valence-corrected chi connectivity index (χ0v) is 10.7. The van der Waals surface area contributed by atoms with E-state index in [0.717, 1.165) is 36.9 Å². The fraction of sp³-hybridized carbons (Fsp3) is 0.636. The van der Waals surface area contributed by atoms with Crippen LogP contribution in [0.2, 0.25) is 4.34 Å². The standard InChI is InChI=1S/C11H18ClNOS/c1-14-9-3-2-7-13-8-6-10-4-5-11(12)15-10/h4-5,13H,2-3,6-9H2,1H3. The molecule has 1 N–H and O–H groups in total.